The highest BCUT2D eigenvalue weighted by molar-refractivity contribution is 5.47. The first-order valence-corrected chi connectivity index (χ1v) is 6.45. The molecule has 106 valence electrons. The maximum absolute atomic E-state index is 9.78. The van der Waals surface area contributed by atoms with Gasteiger partial charge < -0.3 is 20.1 Å². The van der Waals surface area contributed by atoms with Crippen LogP contribution < -0.4 is 4.74 Å². The number of hydrogen-bond acceptors (Lipinski definition) is 4. The molecular weight excluding hydrogens is 256 g/mol. The van der Waals surface area contributed by atoms with Gasteiger partial charge in [0.25, 0.3) is 0 Å². The van der Waals surface area contributed by atoms with Crippen LogP contribution in [0.15, 0.2) is 42.5 Å². The summed E-state index contributed by atoms with van der Waals surface area (Å²) < 4.78 is 5.68. The van der Waals surface area contributed by atoms with Crippen molar-refractivity contribution in [2.24, 2.45) is 0 Å². The highest BCUT2D eigenvalue weighted by atomic mass is 16.5. The summed E-state index contributed by atoms with van der Waals surface area (Å²) in [6, 6.07) is 11.8. The van der Waals surface area contributed by atoms with Crippen LogP contribution in [0.1, 0.15) is 37.2 Å². The third-order valence-corrected chi connectivity index (χ3v) is 3.05. The molecule has 4 nitrogen and oxygen atoms in total. The first-order chi connectivity index (χ1) is 9.49. The summed E-state index contributed by atoms with van der Waals surface area (Å²) in [6.45, 7) is 3.26. The predicted octanol–water partition coefficient (Wildman–Crippen LogP) is 3.29. The Morgan fingerprint density at radius 2 is 1.55 bits per heavy atom. The number of aliphatic hydroxyl groups is 2. The van der Waals surface area contributed by atoms with E-state index in [2.05, 4.69) is 0 Å². The van der Waals surface area contributed by atoms with E-state index < -0.39 is 12.2 Å². The molecule has 0 aliphatic heterocycles. The zero-order valence-electron chi connectivity index (χ0n) is 11.4. The molecule has 0 saturated carbocycles. The van der Waals surface area contributed by atoms with Gasteiger partial charge in [0, 0.05) is 0 Å². The quantitative estimate of drug-likeness (QED) is 0.800. The van der Waals surface area contributed by atoms with Crippen molar-refractivity contribution in [1.82, 2.24) is 0 Å². The van der Waals surface area contributed by atoms with E-state index in [1.807, 2.05) is 0 Å². The fourth-order valence-electron chi connectivity index (χ4n) is 1.98. The lowest BCUT2D eigenvalue weighted by Gasteiger charge is -2.15. The maximum Gasteiger partial charge on any atom is 0.136 e. The van der Waals surface area contributed by atoms with Crippen molar-refractivity contribution in [3.63, 3.8) is 0 Å². The van der Waals surface area contributed by atoms with Crippen LogP contribution in [0.2, 0.25) is 0 Å². The van der Waals surface area contributed by atoms with Crippen molar-refractivity contribution in [3.05, 3.63) is 53.6 Å². The van der Waals surface area contributed by atoms with Gasteiger partial charge >= 0.3 is 0 Å². The molecule has 20 heavy (non-hydrogen) atoms. The third kappa shape index (κ3) is 3.10. The smallest absolute Gasteiger partial charge is 0.136 e. The number of aliphatic hydroxyl groups excluding tert-OH is 2. The van der Waals surface area contributed by atoms with Gasteiger partial charge in [-0.2, -0.15) is 0 Å². The van der Waals surface area contributed by atoms with Crippen molar-refractivity contribution >= 4 is 0 Å². The van der Waals surface area contributed by atoms with Crippen LogP contribution in [0.4, 0.5) is 0 Å². The molecule has 0 amide bonds. The summed E-state index contributed by atoms with van der Waals surface area (Å²) >= 11 is 0. The van der Waals surface area contributed by atoms with Crippen LogP contribution in [0.5, 0.6) is 17.2 Å². The largest absolute Gasteiger partial charge is 0.507 e. The number of phenols is 1. The minimum atomic E-state index is -0.831. The second kappa shape index (κ2) is 5.94. The second-order valence-corrected chi connectivity index (χ2v) is 4.71. The molecule has 0 aliphatic rings. The van der Waals surface area contributed by atoms with Gasteiger partial charge in [0.2, 0.25) is 0 Å². The standard InChI is InChI=1S/C16H18O4/c1-10(17)12-6-8-13(9-7-12)20-15-5-3-4-14(19)16(15)11(2)18/h3-11,17-19H,1-2H3. The summed E-state index contributed by atoms with van der Waals surface area (Å²) in [5.74, 6) is 0.977. The first kappa shape index (κ1) is 14.4. The second-order valence-electron chi connectivity index (χ2n) is 4.71. The number of phenolic OH excluding ortho intramolecular Hbond substituents is 1. The molecule has 2 aromatic rings. The molecular formula is C16H18O4. The Morgan fingerprint density at radius 1 is 0.900 bits per heavy atom. The van der Waals surface area contributed by atoms with Gasteiger partial charge in [-0.3, -0.25) is 0 Å². The minimum Gasteiger partial charge on any atom is -0.507 e. The van der Waals surface area contributed by atoms with E-state index in [4.69, 9.17) is 4.74 Å². The van der Waals surface area contributed by atoms with Crippen molar-refractivity contribution in [3.8, 4) is 17.2 Å². The molecule has 0 saturated heterocycles. The van der Waals surface area contributed by atoms with E-state index in [9.17, 15) is 15.3 Å². The fraction of sp³-hybridized carbons (Fsp3) is 0.250. The first-order valence-electron chi connectivity index (χ1n) is 6.45. The van der Waals surface area contributed by atoms with Crippen LogP contribution in [-0.2, 0) is 0 Å². The lowest BCUT2D eigenvalue weighted by Crippen LogP contribution is -1.97. The van der Waals surface area contributed by atoms with Crippen molar-refractivity contribution < 1.29 is 20.1 Å². The molecule has 0 radical (unpaired) electrons. The minimum absolute atomic E-state index is 0.00176. The molecule has 0 bridgehead atoms. The van der Waals surface area contributed by atoms with Crippen LogP contribution >= 0.6 is 0 Å². The molecule has 4 heteroatoms. The van der Waals surface area contributed by atoms with Crippen molar-refractivity contribution in [1.29, 1.82) is 0 Å². The van der Waals surface area contributed by atoms with E-state index in [0.717, 1.165) is 5.56 Å². The number of benzene rings is 2. The molecule has 0 spiro atoms. The summed E-state index contributed by atoms with van der Waals surface area (Å²) in [4.78, 5) is 0. The normalized spacial score (nSPS) is 13.8. The van der Waals surface area contributed by atoms with Gasteiger partial charge in [-0.05, 0) is 43.7 Å². The average molecular weight is 274 g/mol. The molecule has 0 aliphatic carbocycles. The van der Waals surface area contributed by atoms with Gasteiger partial charge in [-0.1, -0.05) is 18.2 Å². The highest BCUT2D eigenvalue weighted by Gasteiger charge is 2.14. The van der Waals surface area contributed by atoms with Gasteiger partial charge in [0.1, 0.15) is 17.2 Å². The maximum atomic E-state index is 9.78. The van der Waals surface area contributed by atoms with Crippen LogP contribution in [0.25, 0.3) is 0 Å². The van der Waals surface area contributed by atoms with Gasteiger partial charge in [0.15, 0.2) is 0 Å². The van der Waals surface area contributed by atoms with Gasteiger partial charge in [0.05, 0.1) is 17.8 Å². The summed E-state index contributed by atoms with van der Waals surface area (Å²) in [6.07, 6.45) is -1.36. The highest BCUT2D eigenvalue weighted by Crippen LogP contribution is 2.35. The summed E-state index contributed by atoms with van der Waals surface area (Å²) in [7, 11) is 0. The summed E-state index contributed by atoms with van der Waals surface area (Å²) in [5.41, 5.74) is 1.15. The van der Waals surface area contributed by atoms with E-state index >= 15 is 0 Å². The lowest BCUT2D eigenvalue weighted by molar-refractivity contribution is 0.191. The van der Waals surface area contributed by atoms with Crippen molar-refractivity contribution in [2.75, 3.05) is 0 Å². The van der Waals surface area contributed by atoms with Crippen molar-refractivity contribution in [2.45, 2.75) is 26.1 Å². The Balaban J connectivity index is 2.28. The zero-order chi connectivity index (χ0) is 14.7. The van der Waals surface area contributed by atoms with E-state index in [1.54, 1.807) is 50.2 Å². The Kier molecular flexibility index (Phi) is 4.27. The van der Waals surface area contributed by atoms with Gasteiger partial charge in [-0.15, -0.1) is 0 Å². The summed E-state index contributed by atoms with van der Waals surface area (Å²) in [5, 5.41) is 28.9. The van der Waals surface area contributed by atoms with Crippen LogP contribution in [-0.4, -0.2) is 15.3 Å². The lowest BCUT2D eigenvalue weighted by atomic mass is 10.1. The SMILES string of the molecule is CC(O)c1ccc(Oc2cccc(O)c2C(C)O)cc1. The number of aromatic hydroxyl groups is 1. The average Bonchev–Trinajstić information content (AvgIpc) is 2.39. The molecule has 2 aromatic carbocycles. The van der Waals surface area contributed by atoms with Crippen LogP contribution in [0.3, 0.4) is 0 Å². The fourth-order valence-corrected chi connectivity index (χ4v) is 1.98. The van der Waals surface area contributed by atoms with E-state index in [1.165, 1.54) is 6.07 Å². The monoisotopic (exact) mass is 274 g/mol. The number of ether oxygens (including phenoxy) is 1. The Morgan fingerprint density at radius 3 is 2.10 bits per heavy atom. The molecule has 2 rings (SSSR count). The number of hydrogen-bond donors (Lipinski definition) is 3. The Bertz CT molecular complexity index is 574. The Labute approximate surface area is 117 Å². The van der Waals surface area contributed by atoms with E-state index in [0.29, 0.717) is 17.1 Å². The molecule has 2 atom stereocenters. The number of rotatable bonds is 4. The Hall–Kier alpha value is -2.04. The zero-order valence-corrected chi connectivity index (χ0v) is 11.4. The molecule has 0 fully saturated rings. The van der Waals surface area contributed by atoms with Crippen LogP contribution in [0, 0.1) is 0 Å². The predicted molar refractivity (Wildman–Crippen MR) is 75.9 cm³/mol. The molecule has 2 unspecified atom stereocenters. The molecule has 0 aromatic heterocycles. The molecule has 0 heterocycles. The van der Waals surface area contributed by atoms with Gasteiger partial charge in [-0.25, -0.2) is 0 Å². The topological polar surface area (TPSA) is 69.9 Å². The third-order valence-electron chi connectivity index (χ3n) is 3.05. The van der Waals surface area contributed by atoms with E-state index in [-0.39, 0.29) is 5.75 Å². The molecule has 3 N–H and O–H groups in total.